The number of nitrogens with zero attached hydrogens (tertiary/aromatic N) is 2. The van der Waals surface area contributed by atoms with E-state index in [-0.39, 0.29) is 5.91 Å². The van der Waals surface area contributed by atoms with E-state index < -0.39 is 0 Å². The predicted molar refractivity (Wildman–Crippen MR) is 64.7 cm³/mol. The van der Waals surface area contributed by atoms with Gasteiger partial charge in [-0.2, -0.15) is 0 Å². The standard InChI is InChI=1S/C12H15N3O2/c1-17-9-4-5-10-11(7-9)15(8-14-10)6-2-3-12(13)16/h4-5,7-8H,2-3,6H2,1H3,(H2,13,16). The maximum Gasteiger partial charge on any atom is 0.217 e. The van der Waals surface area contributed by atoms with Gasteiger partial charge in [-0.05, 0) is 18.6 Å². The molecule has 0 atom stereocenters. The van der Waals surface area contributed by atoms with E-state index in [4.69, 9.17) is 10.5 Å². The van der Waals surface area contributed by atoms with Crippen LogP contribution in [0, 0.1) is 0 Å². The van der Waals surface area contributed by atoms with Crippen molar-refractivity contribution in [2.75, 3.05) is 7.11 Å². The SMILES string of the molecule is COc1ccc2ncn(CCCC(N)=O)c2c1. The number of amides is 1. The number of benzene rings is 1. The van der Waals surface area contributed by atoms with Crippen molar-refractivity contribution in [3.63, 3.8) is 0 Å². The molecule has 0 saturated heterocycles. The van der Waals surface area contributed by atoms with Crippen LogP contribution in [0.4, 0.5) is 0 Å². The van der Waals surface area contributed by atoms with Gasteiger partial charge in [0.25, 0.3) is 0 Å². The minimum Gasteiger partial charge on any atom is -0.497 e. The lowest BCUT2D eigenvalue weighted by Gasteiger charge is -2.04. The Hall–Kier alpha value is -2.04. The van der Waals surface area contributed by atoms with Gasteiger partial charge in [-0.25, -0.2) is 4.98 Å². The molecule has 0 fully saturated rings. The number of primary amides is 1. The summed E-state index contributed by atoms with van der Waals surface area (Å²) in [4.78, 5) is 15.0. The number of fused-ring (bicyclic) bond motifs is 1. The van der Waals surface area contributed by atoms with Gasteiger partial charge in [-0.1, -0.05) is 0 Å². The van der Waals surface area contributed by atoms with Gasteiger partial charge in [0.15, 0.2) is 0 Å². The van der Waals surface area contributed by atoms with Gasteiger partial charge in [0.05, 0.1) is 24.5 Å². The van der Waals surface area contributed by atoms with Gasteiger partial charge in [-0.3, -0.25) is 4.79 Å². The topological polar surface area (TPSA) is 70.1 Å². The number of methoxy groups -OCH3 is 1. The van der Waals surface area contributed by atoms with Crippen molar-refractivity contribution in [3.05, 3.63) is 24.5 Å². The molecule has 5 nitrogen and oxygen atoms in total. The number of imidazole rings is 1. The number of aromatic nitrogens is 2. The van der Waals surface area contributed by atoms with Crippen molar-refractivity contribution in [1.29, 1.82) is 0 Å². The van der Waals surface area contributed by atoms with Crippen LogP contribution in [0.25, 0.3) is 11.0 Å². The number of rotatable bonds is 5. The molecule has 17 heavy (non-hydrogen) atoms. The summed E-state index contributed by atoms with van der Waals surface area (Å²) in [7, 11) is 1.63. The Bertz CT molecular complexity index is 534. The quantitative estimate of drug-likeness (QED) is 0.846. The molecule has 1 aromatic heterocycles. The lowest BCUT2D eigenvalue weighted by Crippen LogP contribution is -2.11. The molecule has 90 valence electrons. The summed E-state index contributed by atoms with van der Waals surface area (Å²) in [6, 6.07) is 5.73. The zero-order chi connectivity index (χ0) is 12.3. The van der Waals surface area contributed by atoms with Crippen LogP contribution in [0.5, 0.6) is 5.75 Å². The van der Waals surface area contributed by atoms with Crippen LogP contribution < -0.4 is 10.5 Å². The molecule has 1 heterocycles. The van der Waals surface area contributed by atoms with Gasteiger partial charge in [0, 0.05) is 19.0 Å². The largest absolute Gasteiger partial charge is 0.497 e. The second-order valence-corrected chi connectivity index (χ2v) is 3.86. The third-order valence-corrected chi connectivity index (χ3v) is 2.65. The Morgan fingerprint density at radius 3 is 3.06 bits per heavy atom. The number of ether oxygens (including phenoxy) is 1. The van der Waals surface area contributed by atoms with Crippen LogP contribution in [0.2, 0.25) is 0 Å². The fourth-order valence-corrected chi connectivity index (χ4v) is 1.77. The summed E-state index contributed by atoms with van der Waals surface area (Å²) in [5.74, 6) is 0.529. The van der Waals surface area contributed by atoms with Crippen molar-refractivity contribution < 1.29 is 9.53 Å². The molecule has 0 aliphatic carbocycles. The smallest absolute Gasteiger partial charge is 0.217 e. The van der Waals surface area contributed by atoms with Crippen LogP contribution in [0.1, 0.15) is 12.8 Å². The van der Waals surface area contributed by atoms with Crippen molar-refractivity contribution in [1.82, 2.24) is 9.55 Å². The van der Waals surface area contributed by atoms with Gasteiger partial charge < -0.3 is 15.0 Å². The van der Waals surface area contributed by atoms with E-state index in [0.717, 1.165) is 29.7 Å². The summed E-state index contributed by atoms with van der Waals surface area (Å²) in [5, 5.41) is 0. The highest BCUT2D eigenvalue weighted by Crippen LogP contribution is 2.20. The van der Waals surface area contributed by atoms with Crippen LogP contribution >= 0.6 is 0 Å². The molecule has 2 N–H and O–H groups in total. The van der Waals surface area contributed by atoms with Gasteiger partial charge in [0.1, 0.15) is 5.75 Å². The first-order valence-corrected chi connectivity index (χ1v) is 5.48. The molecule has 2 aromatic rings. The molecule has 0 spiro atoms. The Morgan fingerprint density at radius 1 is 1.53 bits per heavy atom. The average Bonchev–Trinajstić information content (AvgIpc) is 2.71. The second-order valence-electron chi connectivity index (χ2n) is 3.86. The molecule has 0 aliphatic rings. The molecule has 0 bridgehead atoms. The highest BCUT2D eigenvalue weighted by Gasteiger charge is 2.04. The fourth-order valence-electron chi connectivity index (χ4n) is 1.77. The zero-order valence-electron chi connectivity index (χ0n) is 9.72. The molecule has 0 aliphatic heterocycles. The Balaban J connectivity index is 2.19. The zero-order valence-corrected chi connectivity index (χ0v) is 9.72. The minimum atomic E-state index is -0.271. The Labute approximate surface area is 99.2 Å². The first-order valence-electron chi connectivity index (χ1n) is 5.48. The molecular weight excluding hydrogens is 218 g/mol. The third-order valence-electron chi connectivity index (χ3n) is 2.65. The highest BCUT2D eigenvalue weighted by atomic mass is 16.5. The predicted octanol–water partition coefficient (Wildman–Crippen LogP) is 1.31. The maximum atomic E-state index is 10.7. The van der Waals surface area contributed by atoms with Crippen LogP contribution in [0.3, 0.4) is 0 Å². The summed E-state index contributed by atoms with van der Waals surface area (Å²) in [5.41, 5.74) is 7.04. The number of nitrogens with two attached hydrogens (primary N) is 1. The van der Waals surface area contributed by atoms with Crippen molar-refractivity contribution in [3.8, 4) is 5.75 Å². The normalized spacial score (nSPS) is 10.6. The van der Waals surface area contributed by atoms with Crippen molar-refractivity contribution in [2.45, 2.75) is 19.4 Å². The Morgan fingerprint density at radius 2 is 2.35 bits per heavy atom. The lowest BCUT2D eigenvalue weighted by molar-refractivity contribution is -0.118. The van der Waals surface area contributed by atoms with E-state index in [0.29, 0.717) is 6.42 Å². The summed E-state index contributed by atoms with van der Waals surface area (Å²) in [6.07, 6.45) is 2.88. The van der Waals surface area contributed by atoms with Gasteiger partial charge in [-0.15, -0.1) is 0 Å². The number of hydrogen-bond acceptors (Lipinski definition) is 3. The third kappa shape index (κ3) is 2.55. The fraction of sp³-hybridized carbons (Fsp3) is 0.333. The molecule has 5 heteroatoms. The van der Waals surface area contributed by atoms with E-state index in [2.05, 4.69) is 4.98 Å². The number of aryl methyl sites for hydroxylation is 1. The van der Waals surface area contributed by atoms with Crippen molar-refractivity contribution in [2.24, 2.45) is 5.73 Å². The molecule has 0 saturated carbocycles. The summed E-state index contributed by atoms with van der Waals surface area (Å²) in [6.45, 7) is 0.729. The second kappa shape index (κ2) is 4.86. The molecule has 0 unspecified atom stereocenters. The van der Waals surface area contributed by atoms with Crippen LogP contribution in [-0.2, 0) is 11.3 Å². The number of carbonyl (C=O) groups excluding carboxylic acids is 1. The number of hydrogen-bond donors (Lipinski definition) is 1. The first-order chi connectivity index (χ1) is 8.20. The molecular formula is C12H15N3O2. The van der Waals surface area contributed by atoms with E-state index in [9.17, 15) is 4.79 Å². The average molecular weight is 233 g/mol. The van der Waals surface area contributed by atoms with Crippen molar-refractivity contribution >= 4 is 16.9 Å². The van der Waals surface area contributed by atoms with Gasteiger partial charge in [0.2, 0.25) is 5.91 Å². The van der Waals surface area contributed by atoms with Gasteiger partial charge >= 0.3 is 0 Å². The highest BCUT2D eigenvalue weighted by molar-refractivity contribution is 5.77. The van der Waals surface area contributed by atoms with E-state index in [1.807, 2.05) is 22.8 Å². The molecule has 0 radical (unpaired) electrons. The van der Waals surface area contributed by atoms with E-state index >= 15 is 0 Å². The summed E-state index contributed by atoms with van der Waals surface area (Å²) >= 11 is 0. The Kier molecular flexibility index (Phi) is 3.27. The molecule has 1 aromatic carbocycles. The summed E-state index contributed by atoms with van der Waals surface area (Å²) < 4.78 is 7.17. The van der Waals surface area contributed by atoms with E-state index in [1.54, 1.807) is 13.4 Å². The molecule has 2 rings (SSSR count). The minimum absolute atomic E-state index is 0.271. The first kappa shape index (κ1) is 11.4. The van der Waals surface area contributed by atoms with Crippen LogP contribution in [0.15, 0.2) is 24.5 Å². The maximum absolute atomic E-state index is 10.7. The lowest BCUT2D eigenvalue weighted by atomic mass is 10.2. The number of carbonyl (C=O) groups is 1. The monoisotopic (exact) mass is 233 g/mol. The van der Waals surface area contributed by atoms with Crippen LogP contribution in [-0.4, -0.2) is 22.6 Å². The molecule has 1 amide bonds. The van der Waals surface area contributed by atoms with E-state index in [1.165, 1.54) is 0 Å².